The lowest BCUT2D eigenvalue weighted by molar-refractivity contribution is 0.597. The van der Waals surface area contributed by atoms with Gasteiger partial charge < -0.3 is 0 Å². The van der Waals surface area contributed by atoms with Crippen LogP contribution in [0.3, 0.4) is 0 Å². The molecule has 5 heteroatoms. The van der Waals surface area contributed by atoms with E-state index in [1.165, 1.54) is 24.3 Å². The van der Waals surface area contributed by atoms with E-state index in [4.69, 9.17) is 0 Å². The van der Waals surface area contributed by atoms with Crippen LogP contribution in [0.4, 0.5) is 5.69 Å². The Labute approximate surface area is 76.5 Å². The first-order valence-corrected chi connectivity index (χ1v) is 5.41. The minimum Gasteiger partial charge on any atom is -0.224 e. The van der Waals surface area contributed by atoms with Gasteiger partial charge in [0, 0.05) is 0 Å². The van der Waals surface area contributed by atoms with E-state index >= 15 is 0 Å². The van der Waals surface area contributed by atoms with Gasteiger partial charge in [-0.3, -0.25) is 0 Å². The van der Waals surface area contributed by atoms with Crippen LogP contribution >= 0.6 is 0 Å². The molecule has 0 radical (unpaired) electrons. The topological polar surface area (TPSA) is 63.6 Å². The molecule has 0 aliphatic rings. The predicted molar refractivity (Wildman–Crippen MR) is 49.6 cm³/mol. The molecule has 1 aromatic carbocycles. The van der Waals surface area contributed by atoms with Gasteiger partial charge in [-0.2, -0.15) is 0 Å². The molecule has 0 heterocycles. The summed E-state index contributed by atoms with van der Waals surface area (Å²) in [6, 6.07) is 5.68. The summed E-state index contributed by atoms with van der Waals surface area (Å²) in [4.78, 5) is 10.3. The van der Waals surface area contributed by atoms with E-state index in [-0.39, 0.29) is 16.3 Å². The van der Waals surface area contributed by atoms with Crippen LogP contribution in [0, 0.1) is 4.91 Å². The highest BCUT2D eigenvalue weighted by Crippen LogP contribution is 2.18. The second-order valence-corrected chi connectivity index (χ2v) is 4.77. The zero-order valence-corrected chi connectivity index (χ0v) is 7.91. The van der Waals surface area contributed by atoms with Crippen molar-refractivity contribution in [1.82, 2.24) is 0 Å². The molecule has 0 unspecified atom stereocenters. The highest BCUT2D eigenvalue weighted by Gasteiger charge is 2.11. The molecule has 0 atom stereocenters. The summed E-state index contributed by atoms with van der Waals surface area (Å²) in [5.74, 6) is 0.0231. The van der Waals surface area contributed by atoms with Gasteiger partial charge in [-0.1, -0.05) is 13.0 Å². The Morgan fingerprint density at radius 3 is 2.62 bits per heavy atom. The van der Waals surface area contributed by atoms with E-state index in [9.17, 15) is 13.3 Å². The number of rotatable bonds is 3. The lowest BCUT2D eigenvalue weighted by atomic mass is 10.3. The summed E-state index contributed by atoms with van der Waals surface area (Å²) < 4.78 is 22.7. The molecule has 1 rings (SSSR count). The first-order valence-electron chi connectivity index (χ1n) is 3.76. The van der Waals surface area contributed by atoms with E-state index in [2.05, 4.69) is 5.18 Å². The summed E-state index contributed by atoms with van der Waals surface area (Å²) in [5, 5.41) is 2.66. The second-order valence-electron chi connectivity index (χ2n) is 2.49. The molecule has 0 saturated heterocycles. The van der Waals surface area contributed by atoms with Gasteiger partial charge in [-0.05, 0) is 23.4 Å². The van der Waals surface area contributed by atoms with Crippen molar-refractivity contribution < 1.29 is 8.42 Å². The lowest BCUT2D eigenvalue weighted by Gasteiger charge is -1.99. The Bertz CT molecular complexity index is 411. The third kappa shape index (κ3) is 2.12. The van der Waals surface area contributed by atoms with E-state index in [0.29, 0.717) is 0 Å². The predicted octanol–water partition coefficient (Wildman–Crippen LogP) is 1.88. The number of hydrogen-bond donors (Lipinski definition) is 0. The lowest BCUT2D eigenvalue weighted by Crippen LogP contribution is -2.02. The Balaban J connectivity index is 3.24. The molecule has 0 aromatic heterocycles. The number of hydrogen-bond acceptors (Lipinski definition) is 4. The van der Waals surface area contributed by atoms with Crippen molar-refractivity contribution in [1.29, 1.82) is 0 Å². The Morgan fingerprint density at radius 2 is 2.08 bits per heavy atom. The maximum atomic E-state index is 11.3. The Kier molecular flexibility index (Phi) is 2.77. The van der Waals surface area contributed by atoms with Gasteiger partial charge in [0.05, 0.1) is 10.6 Å². The van der Waals surface area contributed by atoms with Crippen LogP contribution in [-0.2, 0) is 9.84 Å². The van der Waals surface area contributed by atoms with Crippen molar-refractivity contribution in [2.24, 2.45) is 5.18 Å². The van der Waals surface area contributed by atoms with Crippen molar-refractivity contribution in [3.8, 4) is 0 Å². The maximum absolute atomic E-state index is 11.3. The third-order valence-corrected chi connectivity index (χ3v) is 3.39. The molecular weight excluding hydrogens is 190 g/mol. The van der Waals surface area contributed by atoms with Crippen molar-refractivity contribution >= 4 is 15.5 Å². The molecule has 1 aromatic rings. The van der Waals surface area contributed by atoms with Crippen molar-refractivity contribution in [2.75, 3.05) is 5.75 Å². The molecule has 0 spiro atoms. The van der Waals surface area contributed by atoms with E-state index in [0.717, 1.165) is 0 Å². The maximum Gasteiger partial charge on any atom is 0.178 e. The van der Waals surface area contributed by atoms with Gasteiger partial charge >= 0.3 is 0 Å². The number of nitroso groups, excluding NO2 is 1. The first kappa shape index (κ1) is 9.85. The SMILES string of the molecule is CCS(=O)(=O)c1cccc(N=O)c1. The summed E-state index contributed by atoms with van der Waals surface area (Å²) >= 11 is 0. The molecule has 0 aliphatic heterocycles. The molecule has 0 N–H and O–H groups in total. The van der Waals surface area contributed by atoms with Crippen LogP contribution < -0.4 is 0 Å². The van der Waals surface area contributed by atoms with Crippen LogP contribution in [0.5, 0.6) is 0 Å². The van der Waals surface area contributed by atoms with E-state index in [1.54, 1.807) is 6.92 Å². The van der Waals surface area contributed by atoms with Gasteiger partial charge in [0.2, 0.25) is 0 Å². The fourth-order valence-corrected chi connectivity index (χ4v) is 1.82. The average Bonchev–Trinajstić information content (AvgIpc) is 2.18. The molecule has 0 bridgehead atoms. The van der Waals surface area contributed by atoms with Crippen molar-refractivity contribution in [3.05, 3.63) is 29.2 Å². The minimum absolute atomic E-state index is 0.0231. The van der Waals surface area contributed by atoms with Gasteiger partial charge in [-0.15, -0.1) is 4.91 Å². The normalized spacial score (nSPS) is 11.2. The highest BCUT2D eigenvalue weighted by atomic mass is 32.2. The first-order chi connectivity index (χ1) is 6.10. The quantitative estimate of drug-likeness (QED) is 0.698. The van der Waals surface area contributed by atoms with Gasteiger partial charge in [0.25, 0.3) is 0 Å². The number of sulfone groups is 1. The van der Waals surface area contributed by atoms with Crippen LogP contribution in [0.15, 0.2) is 34.3 Å². The molecule has 4 nitrogen and oxygen atoms in total. The molecular formula is C8H9NO3S. The monoisotopic (exact) mass is 199 g/mol. The average molecular weight is 199 g/mol. The molecule has 0 fully saturated rings. The van der Waals surface area contributed by atoms with Crippen LogP contribution in [0.2, 0.25) is 0 Å². The fourth-order valence-electron chi connectivity index (χ4n) is 0.900. The minimum atomic E-state index is -3.23. The number of nitrogens with zero attached hydrogens (tertiary/aromatic N) is 1. The Morgan fingerprint density at radius 1 is 1.38 bits per heavy atom. The largest absolute Gasteiger partial charge is 0.224 e. The van der Waals surface area contributed by atoms with Gasteiger partial charge in [-0.25, -0.2) is 8.42 Å². The van der Waals surface area contributed by atoms with Crippen LogP contribution in [-0.4, -0.2) is 14.2 Å². The third-order valence-electron chi connectivity index (χ3n) is 1.66. The summed E-state index contributed by atoms with van der Waals surface area (Å²) in [6.45, 7) is 1.55. The molecule has 0 amide bonds. The standard InChI is InChI=1S/C8H9NO3S/c1-2-13(11,12)8-5-3-4-7(6-8)9-10/h3-6H,2H2,1H3. The van der Waals surface area contributed by atoms with E-state index in [1.807, 2.05) is 0 Å². The van der Waals surface area contributed by atoms with E-state index < -0.39 is 9.84 Å². The molecule has 70 valence electrons. The number of benzene rings is 1. The highest BCUT2D eigenvalue weighted by molar-refractivity contribution is 7.91. The molecule has 0 saturated carbocycles. The fraction of sp³-hybridized carbons (Fsp3) is 0.250. The smallest absolute Gasteiger partial charge is 0.178 e. The zero-order valence-electron chi connectivity index (χ0n) is 7.10. The summed E-state index contributed by atoms with van der Waals surface area (Å²) in [7, 11) is -3.23. The van der Waals surface area contributed by atoms with Crippen LogP contribution in [0.1, 0.15) is 6.92 Å². The summed E-state index contributed by atoms with van der Waals surface area (Å²) in [5.41, 5.74) is 0.134. The molecule has 0 aliphatic carbocycles. The molecule has 13 heavy (non-hydrogen) atoms. The van der Waals surface area contributed by atoms with Gasteiger partial charge in [0.15, 0.2) is 9.84 Å². The van der Waals surface area contributed by atoms with Crippen molar-refractivity contribution in [3.63, 3.8) is 0 Å². The van der Waals surface area contributed by atoms with Crippen molar-refractivity contribution in [2.45, 2.75) is 11.8 Å². The second kappa shape index (κ2) is 3.66. The van der Waals surface area contributed by atoms with Crippen LogP contribution in [0.25, 0.3) is 0 Å². The summed E-state index contributed by atoms with van der Waals surface area (Å²) in [6.07, 6.45) is 0. The Hall–Kier alpha value is -1.23. The zero-order chi connectivity index (χ0) is 9.90. The van der Waals surface area contributed by atoms with Gasteiger partial charge in [0.1, 0.15) is 5.69 Å².